The molecule has 0 amide bonds. The van der Waals surface area contributed by atoms with Crippen molar-refractivity contribution in [1.82, 2.24) is 20.6 Å². The lowest BCUT2D eigenvalue weighted by Gasteiger charge is -2.10. The highest BCUT2D eigenvalue weighted by Gasteiger charge is 2.04. The van der Waals surface area contributed by atoms with Gasteiger partial charge in [0.2, 0.25) is 0 Å². The van der Waals surface area contributed by atoms with E-state index in [2.05, 4.69) is 39.4 Å². The molecular weight excluding hydrogens is 282 g/mol. The Morgan fingerprint density at radius 3 is 2.76 bits per heavy atom. The van der Waals surface area contributed by atoms with Crippen LogP contribution < -0.4 is 10.6 Å². The Labute approximate surface area is 129 Å². The fourth-order valence-electron chi connectivity index (χ4n) is 1.83. The van der Waals surface area contributed by atoms with E-state index < -0.39 is 0 Å². The van der Waals surface area contributed by atoms with E-state index in [4.69, 9.17) is 0 Å². The fourth-order valence-corrected chi connectivity index (χ4v) is 2.77. The molecule has 0 saturated heterocycles. The van der Waals surface area contributed by atoms with Crippen molar-refractivity contribution in [2.45, 2.75) is 26.8 Å². The maximum Gasteiger partial charge on any atom is 0.191 e. The topological polar surface area (TPSA) is 62.2 Å². The molecule has 21 heavy (non-hydrogen) atoms. The number of pyridine rings is 1. The minimum absolute atomic E-state index is 0.663. The maximum absolute atomic E-state index is 4.53. The van der Waals surface area contributed by atoms with Crippen LogP contribution in [-0.4, -0.2) is 29.5 Å². The van der Waals surface area contributed by atoms with E-state index >= 15 is 0 Å². The summed E-state index contributed by atoms with van der Waals surface area (Å²) in [6.07, 6.45) is 2.70. The van der Waals surface area contributed by atoms with Gasteiger partial charge in [-0.3, -0.25) is 9.98 Å². The molecule has 0 aliphatic carbocycles. The molecule has 0 unspecified atom stereocenters. The van der Waals surface area contributed by atoms with Crippen LogP contribution in [-0.2, 0) is 13.0 Å². The molecule has 0 bridgehead atoms. The summed E-state index contributed by atoms with van der Waals surface area (Å²) in [5.41, 5.74) is 2.12. The summed E-state index contributed by atoms with van der Waals surface area (Å²) >= 11 is 1.76. The van der Waals surface area contributed by atoms with Crippen LogP contribution in [0.3, 0.4) is 0 Å². The molecule has 0 aliphatic rings. The lowest BCUT2D eigenvalue weighted by Crippen LogP contribution is -2.38. The van der Waals surface area contributed by atoms with Crippen LogP contribution in [0.25, 0.3) is 0 Å². The summed E-state index contributed by atoms with van der Waals surface area (Å²) in [6, 6.07) is 5.88. The molecule has 5 nitrogen and oxygen atoms in total. The number of thiazole rings is 1. The van der Waals surface area contributed by atoms with Crippen LogP contribution in [0.5, 0.6) is 0 Å². The number of aliphatic imine (C=N–C) groups is 1. The Bertz CT molecular complexity index is 572. The second-order valence-corrected chi connectivity index (χ2v) is 5.96. The predicted molar refractivity (Wildman–Crippen MR) is 87.7 cm³/mol. The molecule has 2 rings (SSSR count). The van der Waals surface area contributed by atoms with Gasteiger partial charge in [-0.1, -0.05) is 6.07 Å². The summed E-state index contributed by atoms with van der Waals surface area (Å²) in [4.78, 5) is 14.3. The van der Waals surface area contributed by atoms with Crippen LogP contribution in [0, 0.1) is 13.8 Å². The van der Waals surface area contributed by atoms with Crippen molar-refractivity contribution in [3.05, 3.63) is 45.7 Å². The number of guanidine groups is 1. The van der Waals surface area contributed by atoms with Crippen molar-refractivity contribution in [3.8, 4) is 0 Å². The van der Waals surface area contributed by atoms with Crippen LogP contribution >= 0.6 is 11.3 Å². The Morgan fingerprint density at radius 1 is 1.29 bits per heavy atom. The van der Waals surface area contributed by atoms with Crippen LogP contribution in [0.2, 0.25) is 0 Å². The number of aryl methyl sites for hydroxylation is 2. The molecule has 2 N–H and O–H groups in total. The van der Waals surface area contributed by atoms with Gasteiger partial charge in [-0.25, -0.2) is 4.98 Å². The van der Waals surface area contributed by atoms with E-state index in [0.29, 0.717) is 6.54 Å². The SMILES string of the molecule is CN=C(NCCc1nc(C)c(C)s1)NCc1ccccn1. The Balaban J connectivity index is 1.75. The zero-order valence-electron chi connectivity index (χ0n) is 12.7. The molecule has 2 heterocycles. The molecule has 0 aliphatic heterocycles. The highest BCUT2D eigenvalue weighted by Crippen LogP contribution is 2.16. The first kappa shape index (κ1) is 15.4. The molecule has 112 valence electrons. The number of hydrogen-bond donors (Lipinski definition) is 2. The van der Waals surface area contributed by atoms with Crippen LogP contribution in [0.15, 0.2) is 29.4 Å². The molecule has 0 fully saturated rings. The van der Waals surface area contributed by atoms with Crippen molar-refractivity contribution >= 4 is 17.3 Å². The zero-order chi connectivity index (χ0) is 15.1. The highest BCUT2D eigenvalue weighted by atomic mass is 32.1. The zero-order valence-corrected chi connectivity index (χ0v) is 13.5. The smallest absolute Gasteiger partial charge is 0.191 e. The van der Waals surface area contributed by atoms with Crippen molar-refractivity contribution in [1.29, 1.82) is 0 Å². The summed E-state index contributed by atoms with van der Waals surface area (Å²) in [5.74, 6) is 0.783. The monoisotopic (exact) mass is 303 g/mol. The molecule has 2 aromatic heterocycles. The van der Waals surface area contributed by atoms with Gasteiger partial charge in [-0.2, -0.15) is 0 Å². The van der Waals surface area contributed by atoms with Crippen molar-refractivity contribution in [2.24, 2.45) is 4.99 Å². The Morgan fingerprint density at radius 2 is 2.14 bits per heavy atom. The van der Waals surface area contributed by atoms with E-state index in [-0.39, 0.29) is 0 Å². The third kappa shape index (κ3) is 4.82. The first-order valence-corrected chi connectivity index (χ1v) is 7.78. The van der Waals surface area contributed by atoms with E-state index in [1.807, 2.05) is 18.2 Å². The summed E-state index contributed by atoms with van der Waals surface area (Å²) in [5, 5.41) is 7.71. The Hall–Kier alpha value is -1.95. The second-order valence-electron chi connectivity index (χ2n) is 4.67. The number of nitrogens with zero attached hydrogens (tertiary/aromatic N) is 3. The van der Waals surface area contributed by atoms with E-state index in [9.17, 15) is 0 Å². The van der Waals surface area contributed by atoms with Gasteiger partial charge >= 0.3 is 0 Å². The minimum Gasteiger partial charge on any atom is -0.356 e. The normalized spacial score (nSPS) is 11.5. The van der Waals surface area contributed by atoms with Crippen molar-refractivity contribution in [3.63, 3.8) is 0 Å². The lowest BCUT2D eigenvalue weighted by molar-refractivity contribution is 0.780. The van der Waals surface area contributed by atoms with Gasteiger partial charge in [0.15, 0.2) is 5.96 Å². The van der Waals surface area contributed by atoms with Gasteiger partial charge in [-0.05, 0) is 26.0 Å². The van der Waals surface area contributed by atoms with Gasteiger partial charge < -0.3 is 10.6 Å². The average Bonchev–Trinajstić information content (AvgIpc) is 2.82. The van der Waals surface area contributed by atoms with Gasteiger partial charge in [0.05, 0.1) is 22.9 Å². The van der Waals surface area contributed by atoms with Gasteiger partial charge in [0, 0.05) is 31.1 Å². The van der Waals surface area contributed by atoms with E-state index in [0.717, 1.165) is 35.3 Å². The fraction of sp³-hybridized carbons (Fsp3) is 0.400. The number of nitrogens with one attached hydrogen (secondary N) is 2. The van der Waals surface area contributed by atoms with Crippen molar-refractivity contribution < 1.29 is 0 Å². The number of aromatic nitrogens is 2. The van der Waals surface area contributed by atoms with Crippen molar-refractivity contribution in [2.75, 3.05) is 13.6 Å². The van der Waals surface area contributed by atoms with E-state index in [1.54, 1.807) is 24.6 Å². The summed E-state index contributed by atoms with van der Waals surface area (Å²) in [7, 11) is 1.77. The molecule has 0 saturated carbocycles. The molecular formula is C15H21N5S. The van der Waals surface area contributed by atoms with Crippen LogP contribution in [0.1, 0.15) is 21.3 Å². The first-order chi connectivity index (χ1) is 10.2. The van der Waals surface area contributed by atoms with E-state index in [1.165, 1.54) is 4.88 Å². The van der Waals surface area contributed by atoms with Crippen LogP contribution in [0.4, 0.5) is 0 Å². The Kier molecular flexibility index (Phi) is 5.68. The standard InChI is InChI=1S/C15H21N5S/c1-11-12(2)21-14(20-11)7-9-18-15(16-3)19-10-13-6-4-5-8-17-13/h4-6,8H,7,9-10H2,1-3H3,(H2,16,18,19). The third-order valence-electron chi connectivity index (χ3n) is 3.09. The summed E-state index contributed by atoms with van der Waals surface area (Å²) in [6.45, 7) is 5.64. The molecule has 2 aromatic rings. The second kappa shape index (κ2) is 7.73. The molecule has 0 atom stereocenters. The molecule has 6 heteroatoms. The first-order valence-electron chi connectivity index (χ1n) is 6.96. The van der Waals surface area contributed by atoms with Gasteiger partial charge in [0.1, 0.15) is 0 Å². The third-order valence-corrected chi connectivity index (χ3v) is 4.22. The summed E-state index contributed by atoms with van der Waals surface area (Å²) < 4.78 is 0. The maximum atomic E-state index is 4.53. The molecule has 0 aromatic carbocycles. The predicted octanol–water partition coefficient (Wildman–Crippen LogP) is 2.06. The van der Waals surface area contributed by atoms with Gasteiger partial charge in [0.25, 0.3) is 0 Å². The molecule has 0 radical (unpaired) electrons. The quantitative estimate of drug-likeness (QED) is 0.655. The van der Waals surface area contributed by atoms with Gasteiger partial charge in [-0.15, -0.1) is 11.3 Å². The molecule has 0 spiro atoms. The number of hydrogen-bond acceptors (Lipinski definition) is 4. The minimum atomic E-state index is 0.663. The highest BCUT2D eigenvalue weighted by molar-refractivity contribution is 7.11. The average molecular weight is 303 g/mol. The lowest BCUT2D eigenvalue weighted by atomic mass is 10.3. The number of rotatable bonds is 5. The largest absolute Gasteiger partial charge is 0.356 e.